The molecule has 1 aliphatic heterocycles. The summed E-state index contributed by atoms with van der Waals surface area (Å²) in [6, 6.07) is 7.73. The number of ether oxygens (including phenoxy) is 2. The van der Waals surface area contributed by atoms with Gasteiger partial charge in [-0.1, -0.05) is 12.1 Å². The van der Waals surface area contributed by atoms with Crippen LogP contribution in [0, 0.1) is 0 Å². The Hall–Kier alpha value is -1.55. The summed E-state index contributed by atoms with van der Waals surface area (Å²) in [5.74, 6) is 0.665. The van der Waals surface area contributed by atoms with Gasteiger partial charge in [-0.05, 0) is 50.6 Å². The molecule has 0 aliphatic carbocycles. The fourth-order valence-corrected chi connectivity index (χ4v) is 2.44. The highest BCUT2D eigenvalue weighted by Gasteiger charge is 2.16. The summed E-state index contributed by atoms with van der Waals surface area (Å²) >= 11 is 0. The summed E-state index contributed by atoms with van der Waals surface area (Å²) in [6.45, 7) is 2.24. The zero-order valence-electron chi connectivity index (χ0n) is 12.3. The molecule has 1 aromatic rings. The summed E-state index contributed by atoms with van der Waals surface area (Å²) in [7, 11) is 3.56. The molecular weight excluding hydrogens is 254 g/mol. The van der Waals surface area contributed by atoms with E-state index in [1.165, 1.54) is 13.5 Å². The van der Waals surface area contributed by atoms with Crippen LogP contribution in [0.4, 0.5) is 0 Å². The van der Waals surface area contributed by atoms with Crippen molar-refractivity contribution in [2.24, 2.45) is 0 Å². The molecule has 0 N–H and O–H groups in total. The molecule has 110 valence electrons. The van der Waals surface area contributed by atoms with Crippen LogP contribution < -0.4 is 4.74 Å². The maximum atomic E-state index is 11.2. The van der Waals surface area contributed by atoms with Crippen LogP contribution in [-0.2, 0) is 16.0 Å². The largest absolute Gasteiger partial charge is 0.490 e. The number of esters is 1. The minimum Gasteiger partial charge on any atom is -0.490 e. The first kappa shape index (κ1) is 14.9. The number of likely N-dealkylation sites (tertiary alicyclic amines) is 1. The average Bonchev–Trinajstić information content (AvgIpc) is 2.66. The van der Waals surface area contributed by atoms with Gasteiger partial charge in [0.1, 0.15) is 5.75 Å². The molecule has 1 heterocycles. The van der Waals surface area contributed by atoms with E-state index in [1.807, 2.05) is 24.3 Å². The number of methoxy groups -OCH3 is 1. The number of nitrogens with zero attached hydrogens (tertiary/aromatic N) is 1. The van der Waals surface area contributed by atoms with Crippen LogP contribution in [-0.4, -0.2) is 44.2 Å². The summed E-state index contributed by atoms with van der Waals surface area (Å²) in [4.78, 5) is 13.5. The zero-order valence-corrected chi connectivity index (χ0v) is 12.3. The van der Waals surface area contributed by atoms with Crippen molar-refractivity contribution in [3.05, 3.63) is 29.8 Å². The van der Waals surface area contributed by atoms with Crippen LogP contribution in [0.15, 0.2) is 24.3 Å². The molecule has 1 aromatic carbocycles. The lowest BCUT2D eigenvalue weighted by molar-refractivity contribution is -0.139. The molecule has 0 bridgehead atoms. The summed E-state index contributed by atoms with van der Waals surface area (Å²) < 4.78 is 10.7. The van der Waals surface area contributed by atoms with Gasteiger partial charge in [-0.2, -0.15) is 0 Å². The van der Waals surface area contributed by atoms with Gasteiger partial charge in [0.05, 0.1) is 19.6 Å². The molecule has 0 saturated carbocycles. The standard InChI is InChI=1S/C16H23NO3/c1-17-10-3-4-14(9-11-17)20-15-7-5-13(6-8-15)12-16(18)19-2/h5-8,14H,3-4,9-12H2,1-2H3. The SMILES string of the molecule is COC(=O)Cc1ccc(OC2CCCN(C)CC2)cc1. The topological polar surface area (TPSA) is 38.8 Å². The predicted octanol–water partition coefficient (Wildman–Crippen LogP) is 2.27. The van der Waals surface area contributed by atoms with E-state index in [0.717, 1.165) is 37.2 Å². The van der Waals surface area contributed by atoms with Gasteiger partial charge in [0.15, 0.2) is 0 Å². The number of carbonyl (C=O) groups excluding carboxylic acids is 1. The molecule has 2 rings (SSSR count). The third kappa shape index (κ3) is 4.53. The Morgan fingerprint density at radius 2 is 2.00 bits per heavy atom. The molecular formula is C16H23NO3. The molecule has 4 heteroatoms. The first-order valence-corrected chi connectivity index (χ1v) is 7.18. The number of carbonyl (C=O) groups is 1. The summed E-state index contributed by atoms with van der Waals surface area (Å²) in [5, 5.41) is 0. The van der Waals surface area contributed by atoms with Crippen LogP contribution in [0.2, 0.25) is 0 Å². The van der Waals surface area contributed by atoms with Crippen LogP contribution >= 0.6 is 0 Å². The minimum atomic E-state index is -0.217. The lowest BCUT2D eigenvalue weighted by atomic mass is 10.1. The van der Waals surface area contributed by atoms with Crippen molar-refractivity contribution >= 4 is 5.97 Å². The van der Waals surface area contributed by atoms with Crippen molar-refractivity contribution in [3.63, 3.8) is 0 Å². The molecule has 0 amide bonds. The molecule has 1 unspecified atom stereocenters. The Morgan fingerprint density at radius 3 is 2.70 bits per heavy atom. The van der Waals surface area contributed by atoms with E-state index in [9.17, 15) is 4.79 Å². The summed E-state index contributed by atoms with van der Waals surface area (Å²) in [5.41, 5.74) is 0.949. The van der Waals surface area contributed by atoms with Gasteiger partial charge in [0.2, 0.25) is 0 Å². The van der Waals surface area contributed by atoms with E-state index in [0.29, 0.717) is 12.5 Å². The highest BCUT2D eigenvalue weighted by molar-refractivity contribution is 5.72. The van der Waals surface area contributed by atoms with E-state index in [2.05, 4.69) is 16.7 Å². The quantitative estimate of drug-likeness (QED) is 0.791. The van der Waals surface area contributed by atoms with E-state index in [-0.39, 0.29) is 5.97 Å². The van der Waals surface area contributed by atoms with Crippen LogP contribution in [0.3, 0.4) is 0 Å². The van der Waals surface area contributed by atoms with Gasteiger partial charge >= 0.3 is 5.97 Å². The second kappa shape index (κ2) is 7.29. The van der Waals surface area contributed by atoms with Gasteiger partial charge in [0.25, 0.3) is 0 Å². The lowest BCUT2D eigenvalue weighted by Gasteiger charge is -2.17. The highest BCUT2D eigenvalue weighted by Crippen LogP contribution is 2.19. The van der Waals surface area contributed by atoms with Crippen molar-refractivity contribution in [3.8, 4) is 5.75 Å². The van der Waals surface area contributed by atoms with Crippen molar-refractivity contribution in [2.45, 2.75) is 31.8 Å². The fraction of sp³-hybridized carbons (Fsp3) is 0.562. The number of hydrogen-bond donors (Lipinski definition) is 0. The molecule has 1 fully saturated rings. The van der Waals surface area contributed by atoms with Gasteiger partial charge in [-0.3, -0.25) is 4.79 Å². The van der Waals surface area contributed by atoms with Crippen LogP contribution in [0.1, 0.15) is 24.8 Å². The molecule has 1 aliphatic rings. The van der Waals surface area contributed by atoms with Crippen molar-refractivity contribution in [2.75, 3.05) is 27.2 Å². The average molecular weight is 277 g/mol. The molecule has 1 atom stereocenters. The second-order valence-electron chi connectivity index (χ2n) is 5.37. The molecule has 0 spiro atoms. The van der Waals surface area contributed by atoms with Gasteiger partial charge in [-0.25, -0.2) is 0 Å². The molecule has 0 aromatic heterocycles. The Morgan fingerprint density at radius 1 is 1.25 bits per heavy atom. The molecule has 0 radical (unpaired) electrons. The number of rotatable bonds is 4. The predicted molar refractivity (Wildman–Crippen MR) is 77.9 cm³/mol. The highest BCUT2D eigenvalue weighted by atomic mass is 16.5. The van der Waals surface area contributed by atoms with E-state index in [4.69, 9.17) is 4.74 Å². The maximum absolute atomic E-state index is 11.2. The third-order valence-corrected chi connectivity index (χ3v) is 3.70. The minimum absolute atomic E-state index is 0.217. The van der Waals surface area contributed by atoms with Crippen LogP contribution in [0.25, 0.3) is 0 Å². The fourth-order valence-electron chi connectivity index (χ4n) is 2.44. The van der Waals surface area contributed by atoms with Gasteiger partial charge in [-0.15, -0.1) is 0 Å². The van der Waals surface area contributed by atoms with Crippen molar-refractivity contribution < 1.29 is 14.3 Å². The number of hydrogen-bond acceptors (Lipinski definition) is 4. The van der Waals surface area contributed by atoms with E-state index >= 15 is 0 Å². The van der Waals surface area contributed by atoms with Gasteiger partial charge < -0.3 is 14.4 Å². The van der Waals surface area contributed by atoms with E-state index < -0.39 is 0 Å². The zero-order chi connectivity index (χ0) is 14.4. The first-order chi connectivity index (χ1) is 9.67. The monoisotopic (exact) mass is 277 g/mol. The Balaban J connectivity index is 1.88. The van der Waals surface area contributed by atoms with E-state index in [1.54, 1.807) is 0 Å². The Bertz CT molecular complexity index is 430. The molecule has 1 saturated heterocycles. The molecule has 20 heavy (non-hydrogen) atoms. The maximum Gasteiger partial charge on any atom is 0.309 e. The lowest BCUT2D eigenvalue weighted by Crippen LogP contribution is -2.21. The van der Waals surface area contributed by atoms with Crippen molar-refractivity contribution in [1.29, 1.82) is 0 Å². The number of benzene rings is 1. The first-order valence-electron chi connectivity index (χ1n) is 7.18. The second-order valence-corrected chi connectivity index (χ2v) is 5.37. The normalized spacial score (nSPS) is 20.2. The molecule has 4 nitrogen and oxygen atoms in total. The van der Waals surface area contributed by atoms with Gasteiger partial charge in [0, 0.05) is 6.54 Å². The Labute approximate surface area is 120 Å². The third-order valence-electron chi connectivity index (χ3n) is 3.70. The van der Waals surface area contributed by atoms with Crippen molar-refractivity contribution in [1.82, 2.24) is 4.90 Å². The Kier molecular flexibility index (Phi) is 5.41. The van der Waals surface area contributed by atoms with Crippen LogP contribution in [0.5, 0.6) is 5.75 Å². The smallest absolute Gasteiger partial charge is 0.309 e. The summed E-state index contributed by atoms with van der Waals surface area (Å²) in [6.07, 6.45) is 3.97.